The van der Waals surface area contributed by atoms with E-state index < -0.39 is 0 Å². The van der Waals surface area contributed by atoms with Gasteiger partial charge in [-0.05, 0) is 26.3 Å². The van der Waals surface area contributed by atoms with E-state index in [9.17, 15) is 4.79 Å². The Morgan fingerprint density at radius 2 is 2.07 bits per heavy atom. The topological polar surface area (TPSA) is 49.6 Å². The summed E-state index contributed by atoms with van der Waals surface area (Å²) >= 11 is 0. The molecule has 0 saturated carbocycles. The van der Waals surface area contributed by atoms with Gasteiger partial charge in [-0.1, -0.05) is 6.92 Å². The van der Waals surface area contributed by atoms with E-state index in [1.807, 2.05) is 11.9 Å². The number of nitrogens with zero attached hydrogens (tertiary/aromatic N) is 2. The van der Waals surface area contributed by atoms with Crippen molar-refractivity contribution in [2.75, 3.05) is 33.2 Å². The van der Waals surface area contributed by atoms with Gasteiger partial charge in [0, 0.05) is 25.7 Å². The minimum atomic E-state index is 0.252. The maximum absolute atomic E-state index is 11.8. The van der Waals surface area contributed by atoms with Crippen molar-refractivity contribution in [1.29, 1.82) is 0 Å². The third kappa shape index (κ3) is 3.47. The Bertz CT molecular complexity index is 198. The monoisotopic (exact) mass is 213 g/mol. The zero-order chi connectivity index (χ0) is 11.3. The van der Waals surface area contributed by atoms with Gasteiger partial charge in [0.1, 0.15) is 0 Å². The predicted octanol–water partition coefficient (Wildman–Crippen LogP) is 0.278. The average Bonchev–Trinajstić information content (AvgIpc) is 2.72. The molecule has 0 aromatic rings. The maximum atomic E-state index is 11.8. The molecule has 2 N–H and O–H groups in total. The van der Waals surface area contributed by atoms with Crippen LogP contribution in [0.4, 0.5) is 0 Å². The highest BCUT2D eigenvalue weighted by Crippen LogP contribution is 2.08. The van der Waals surface area contributed by atoms with Crippen LogP contribution in [0.2, 0.25) is 0 Å². The van der Waals surface area contributed by atoms with Crippen molar-refractivity contribution in [1.82, 2.24) is 9.80 Å². The van der Waals surface area contributed by atoms with E-state index in [0.29, 0.717) is 19.1 Å². The quantitative estimate of drug-likeness (QED) is 0.713. The average molecular weight is 213 g/mol. The highest BCUT2D eigenvalue weighted by atomic mass is 16.2. The van der Waals surface area contributed by atoms with Crippen LogP contribution in [0.5, 0.6) is 0 Å². The number of rotatable bonds is 5. The van der Waals surface area contributed by atoms with Crippen molar-refractivity contribution < 1.29 is 4.79 Å². The second-order valence-electron chi connectivity index (χ2n) is 4.30. The van der Waals surface area contributed by atoms with Gasteiger partial charge < -0.3 is 10.6 Å². The van der Waals surface area contributed by atoms with Gasteiger partial charge in [0.15, 0.2) is 0 Å². The number of hydrogen-bond acceptors (Lipinski definition) is 3. The lowest BCUT2D eigenvalue weighted by molar-refractivity contribution is -0.131. The van der Waals surface area contributed by atoms with Crippen LogP contribution in [0.15, 0.2) is 0 Å². The maximum Gasteiger partial charge on any atom is 0.236 e. The molecule has 1 heterocycles. The smallest absolute Gasteiger partial charge is 0.236 e. The molecule has 1 rings (SSSR count). The van der Waals surface area contributed by atoms with E-state index in [4.69, 9.17) is 5.73 Å². The zero-order valence-electron chi connectivity index (χ0n) is 9.91. The predicted molar refractivity (Wildman–Crippen MR) is 61.6 cm³/mol. The highest BCUT2D eigenvalue weighted by Gasteiger charge is 2.21. The minimum Gasteiger partial charge on any atom is -0.342 e. The van der Waals surface area contributed by atoms with Crippen LogP contribution in [-0.4, -0.2) is 55.0 Å². The molecule has 1 amide bonds. The molecule has 1 aliphatic heterocycles. The molecule has 15 heavy (non-hydrogen) atoms. The summed E-state index contributed by atoms with van der Waals surface area (Å²) in [6.45, 7) is 5.11. The first-order chi connectivity index (χ1) is 7.19. The molecule has 0 bridgehead atoms. The molecular weight excluding hydrogens is 190 g/mol. The van der Waals surface area contributed by atoms with Crippen molar-refractivity contribution in [3.05, 3.63) is 0 Å². The fourth-order valence-electron chi connectivity index (χ4n) is 2.07. The van der Waals surface area contributed by atoms with E-state index in [1.165, 1.54) is 0 Å². The molecule has 1 aliphatic rings. The van der Waals surface area contributed by atoms with Gasteiger partial charge >= 0.3 is 0 Å². The first kappa shape index (κ1) is 12.5. The number of carbonyl (C=O) groups is 1. The van der Waals surface area contributed by atoms with Gasteiger partial charge in [-0.25, -0.2) is 0 Å². The van der Waals surface area contributed by atoms with Crippen LogP contribution in [0, 0.1) is 0 Å². The number of likely N-dealkylation sites (tertiary alicyclic amines) is 1. The molecule has 4 heteroatoms. The summed E-state index contributed by atoms with van der Waals surface area (Å²) in [7, 11) is 1.98. The molecule has 0 aromatic carbocycles. The fourth-order valence-corrected chi connectivity index (χ4v) is 2.07. The molecule has 0 radical (unpaired) electrons. The molecule has 1 fully saturated rings. The lowest BCUT2D eigenvalue weighted by Gasteiger charge is -2.27. The Morgan fingerprint density at radius 3 is 2.53 bits per heavy atom. The van der Waals surface area contributed by atoms with Crippen molar-refractivity contribution in [2.45, 2.75) is 32.2 Å². The summed E-state index contributed by atoms with van der Waals surface area (Å²) in [5.41, 5.74) is 5.65. The van der Waals surface area contributed by atoms with E-state index >= 15 is 0 Å². The molecule has 1 unspecified atom stereocenters. The van der Waals surface area contributed by atoms with Gasteiger partial charge in [-0.2, -0.15) is 0 Å². The molecular formula is C11H23N3O. The van der Waals surface area contributed by atoms with Crippen LogP contribution >= 0.6 is 0 Å². The van der Waals surface area contributed by atoms with Crippen LogP contribution in [0.1, 0.15) is 26.2 Å². The number of amides is 1. The lowest BCUT2D eigenvalue weighted by atomic mass is 10.2. The molecule has 88 valence electrons. The SMILES string of the molecule is CCC(CN)N(C)CC(=O)N1CCCC1. The molecule has 4 nitrogen and oxygen atoms in total. The summed E-state index contributed by atoms with van der Waals surface area (Å²) in [6.07, 6.45) is 3.31. The summed E-state index contributed by atoms with van der Waals surface area (Å²) in [5, 5.41) is 0. The number of nitrogens with two attached hydrogens (primary N) is 1. The first-order valence-corrected chi connectivity index (χ1v) is 5.87. The third-order valence-electron chi connectivity index (χ3n) is 3.21. The Morgan fingerprint density at radius 1 is 1.47 bits per heavy atom. The second-order valence-corrected chi connectivity index (χ2v) is 4.30. The molecule has 0 aliphatic carbocycles. The Labute approximate surface area is 92.4 Å². The summed E-state index contributed by atoms with van der Waals surface area (Å²) in [6, 6.07) is 0.330. The van der Waals surface area contributed by atoms with E-state index in [0.717, 1.165) is 32.4 Å². The van der Waals surface area contributed by atoms with Crippen LogP contribution in [0.3, 0.4) is 0 Å². The van der Waals surface area contributed by atoms with Gasteiger partial charge in [0.05, 0.1) is 6.54 Å². The number of likely N-dealkylation sites (N-methyl/N-ethyl adjacent to an activating group) is 1. The normalized spacial score (nSPS) is 18.5. The Kier molecular flexibility index (Phi) is 5.05. The van der Waals surface area contributed by atoms with Gasteiger partial charge in [-0.15, -0.1) is 0 Å². The Hall–Kier alpha value is -0.610. The standard InChI is InChI=1S/C11H23N3O/c1-3-10(8-12)13(2)9-11(15)14-6-4-5-7-14/h10H,3-9,12H2,1-2H3. The molecule has 0 aromatic heterocycles. The van der Waals surface area contributed by atoms with Gasteiger partial charge in [0.25, 0.3) is 0 Å². The van der Waals surface area contributed by atoms with Crippen LogP contribution in [0.25, 0.3) is 0 Å². The van der Waals surface area contributed by atoms with Gasteiger partial charge in [-0.3, -0.25) is 9.69 Å². The van der Waals surface area contributed by atoms with E-state index in [-0.39, 0.29) is 5.91 Å². The van der Waals surface area contributed by atoms with E-state index in [1.54, 1.807) is 0 Å². The van der Waals surface area contributed by atoms with E-state index in [2.05, 4.69) is 11.8 Å². The summed E-state index contributed by atoms with van der Waals surface area (Å²) in [5.74, 6) is 0.252. The highest BCUT2D eigenvalue weighted by molar-refractivity contribution is 5.78. The third-order valence-corrected chi connectivity index (χ3v) is 3.21. The fraction of sp³-hybridized carbons (Fsp3) is 0.909. The number of carbonyl (C=O) groups excluding carboxylic acids is 1. The molecule has 0 spiro atoms. The molecule has 1 saturated heterocycles. The largest absolute Gasteiger partial charge is 0.342 e. The van der Waals surface area contributed by atoms with Crippen molar-refractivity contribution in [3.63, 3.8) is 0 Å². The summed E-state index contributed by atoms with van der Waals surface area (Å²) in [4.78, 5) is 15.9. The Balaban J connectivity index is 2.35. The first-order valence-electron chi connectivity index (χ1n) is 5.87. The minimum absolute atomic E-state index is 0.252. The van der Waals surface area contributed by atoms with Crippen LogP contribution < -0.4 is 5.73 Å². The zero-order valence-corrected chi connectivity index (χ0v) is 9.91. The van der Waals surface area contributed by atoms with Gasteiger partial charge in [0.2, 0.25) is 5.91 Å². The second kappa shape index (κ2) is 6.08. The van der Waals surface area contributed by atoms with Crippen molar-refractivity contribution in [2.24, 2.45) is 5.73 Å². The lowest BCUT2D eigenvalue weighted by Crippen LogP contribution is -2.44. The van der Waals surface area contributed by atoms with Crippen molar-refractivity contribution in [3.8, 4) is 0 Å². The van der Waals surface area contributed by atoms with Crippen molar-refractivity contribution >= 4 is 5.91 Å². The number of hydrogen-bond donors (Lipinski definition) is 1. The summed E-state index contributed by atoms with van der Waals surface area (Å²) < 4.78 is 0. The molecule has 1 atom stereocenters. The van der Waals surface area contributed by atoms with Crippen LogP contribution in [-0.2, 0) is 4.79 Å².